The summed E-state index contributed by atoms with van der Waals surface area (Å²) in [4.78, 5) is 18.4. The molecule has 1 aromatic heterocycles. The summed E-state index contributed by atoms with van der Waals surface area (Å²) in [6.45, 7) is 3.99. The molecule has 0 bridgehead atoms. The van der Waals surface area contributed by atoms with Gasteiger partial charge in [0.2, 0.25) is 5.28 Å². The molecule has 0 radical (unpaired) electrons. The highest BCUT2D eigenvalue weighted by Gasteiger charge is 2.33. The third-order valence-electron chi connectivity index (χ3n) is 2.57. The van der Waals surface area contributed by atoms with Crippen LogP contribution in [0.25, 0.3) is 0 Å². The van der Waals surface area contributed by atoms with Gasteiger partial charge in [0.1, 0.15) is 0 Å². The normalized spacial score (nSPS) is 17.3. The van der Waals surface area contributed by atoms with E-state index in [9.17, 15) is 4.79 Å². The molecule has 1 aliphatic rings. The molecule has 6 nitrogen and oxygen atoms in total. The van der Waals surface area contributed by atoms with E-state index >= 15 is 0 Å². The largest absolute Gasteiger partial charge is 0.476 e. The first-order valence-corrected chi connectivity index (χ1v) is 5.45. The lowest BCUT2D eigenvalue weighted by molar-refractivity contribution is -0.0924. The van der Waals surface area contributed by atoms with E-state index in [-0.39, 0.29) is 16.4 Å². The van der Waals surface area contributed by atoms with E-state index in [1.54, 1.807) is 0 Å². The lowest BCUT2D eigenvalue weighted by atomic mass is 9.89. The molecule has 2 rings (SSSR count). The van der Waals surface area contributed by atoms with Crippen LogP contribution in [0, 0.1) is 5.41 Å². The maximum Gasteiger partial charge on any atom is 0.356 e. The third kappa shape index (κ3) is 2.65. The number of hydrogen-bond acceptors (Lipinski definition) is 5. The first kappa shape index (κ1) is 12.1. The minimum Gasteiger partial charge on any atom is -0.476 e. The minimum absolute atomic E-state index is 0.0371. The summed E-state index contributed by atoms with van der Waals surface area (Å²) in [5.41, 5.74) is 0.291. The van der Waals surface area contributed by atoms with Gasteiger partial charge in [-0.25, -0.2) is 14.8 Å². The van der Waals surface area contributed by atoms with E-state index in [2.05, 4.69) is 22.2 Å². The second-order valence-corrected chi connectivity index (χ2v) is 4.70. The van der Waals surface area contributed by atoms with Gasteiger partial charge < -0.3 is 15.2 Å². The summed E-state index contributed by atoms with van der Waals surface area (Å²) in [5, 5.41) is 11.9. The highest BCUT2D eigenvalue weighted by molar-refractivity contribution is 6.28. The fraction of sp³-hybridized carbons (Fsp3) is 0.500. The Bertz CT molecular complexity index is 448. The van der Waals surface area contributed by atoms with E-state index < -0.39 is 5.97 Å². The fourth-order valence-corrected chi connectivity index (χ4v) is 1.65. The second kappa shape index (κ2) is 4.46. The van der Waals surface area contributed by atoms with E-state index in [0.717, 1.165) is 0 Å². The molecule has 17 heavy (non-hydrogen) atoms. The highest BCUT2D eigenvalue weighted by Crippen LogP contribution is 2.27. The molecule has 7 heteroatoms. The lowest BCUT2D eigenvalue weighted by Crippen LogP contribution is -2.45. The molecule has 1 aliphatic heterocycles. The molecule has 2 heterocycles. The zero-order valence-electron chi connectivity index (χ0n) is 9.23. The number of aromatic nitrogens is 2. The Balaban J connectivity index is 2.12. The minimum atomic E-state index is -1.13. The Kier molecular flexibility index (Phi) is 3.17. The molecule has 0 aliphatic carbocycles. The van der Waals surface area contributed by atoms with Crippen LogP contribution in [0.2, 0.25) is 5.28 Å². The van der Waals surface area contributed by atoms with Crippen molar-refractivity contribution < 1.29 is 14.6 Å². The molecule has 0 aromatic carbocycles. The smallest absolute Gasteiger partial charge is 0.356 e. The molecule has 92 valence electrons. The zero-order chi connectivity index (χ0) is 12.5. The average molecular weight is 258 g/mol. The van der Waals surface area contributed by atoms with Crippen LogP contribution in [0.15, 0.2) is 6.20 Å². The van der Waals surface area contributed by atoms with Gasteiger partial charge in [-0.1, -0.05) is 6.92 Å². The lowest BCUT2D eigenvalue weighted by Gasteiger charge is -2.38. The monoisotopic (exact) mass is 257 g/mol. The van der Waals surface area contributed by atoms with Crippen molar-refractivity contribution in [2.75, 3.05) is 25.1 Å². The maximum absolute atomic E-state index is 11.0. The van der Waals surface area contributed by atoms with Crippen molar-refractivity contribution in [1.29, 1.82) is 0 Å². The van der Waals surface area contributed by atoms with Crippen LogP contribution >= 0.6 is 11.6 Å². The summed E-state index contributed by atoms with van der Waals surface area (Å²) in [7, 11) is 0. The average Bonchev–Trinajstić information content (AvgIpc) is 2.24. The van der Waals surface area contributed by atoms with Gasteiger partial charge in [-0.3, -0.25) is 0 Å². The predicted molar refractivity (Wildman–Crippen MR) is 61.4 cm³/mol. The van der Waals surface area contributed by atoms with Gasteiger partial charge in [0.05, 0.1) is 25.1 Å². The predicted octanol–water partition coefficient (Wildman–Crippen LogP) is 1.28. The molecule has 0 saturated carbocycles. The Morgan fingerprint density at radius 3 is 2.94 bits per heavy atom. The van der Waals surface area contributed by atoms with Crippen LogP contribution in [-0.4, -0.2) is 40.8 Å². The number of carbonyl (C=O) groups is 1. The van der Waals surface area contributed by atoms with Crippen molar-refractivity contribution in [3.63, 3.8) is 0 Å². The van der Waals surface area contributed by atoms with Crippen LogP contribution in [-0.2, 0) is 4.74 Å². The quantitative estimate of drug-likeness (QED) is 0.791. The fourth-order valence-electron chi connectivity index (χ4n) is 1.51. The number of carboxylic acid groups (broad SMARTS) is 1. The molecule has 0 atom stereocenters. The van der Waals surface area contributed by atoms with Crippen LogP contribution < -0.4 is 5.32 Å². The van der Waals surface area contributed by atoms with Crippen LogP contribution in [0.4, 0.5) is 5.69 Å². The van der Waals surface area contributed by atoms with Crippen molar-refractivity contribution in [2.45, 2.75) is 6.92 Å². The first-order valence-electron chi connectivity index (χ1n) is 5.08. The number of nitrogens with one attached hydrogen (secondary N) is 1. The van der Waals surface area contributed by atoms with Crippen LogP contribution in [0.3, 0.4) is 0 Å². The van der Waals surface area contributed by atoms with E-state index in [1.165, 1.54) is 6.20 Å². The number of ether oxygens (including phenoxy) is 1. The van der Waals surface area contributed by atoms with Gasteiger partial charge in [-0.2, -0.15) is 0 Å². The Hall–Kier alpha value is -1.40. The molecule has 0 amide bonds. The van der Waals surface area contributed by atoms with Gasteiger partial charge >= 0.3 is 5.97 Å². The van der Waals surface area contributed by atoms with Gasteiger partial charge in [-0.15, -0.1) is 0 Å². The topological polar surface area (TPSA) is 84.3 Å². The molecular weight excluding hydrogens is 246 g/mol. The van der Waals surface area contributed by atoms with Crippen molar-refractivity contribution in [3.8, 4) is 0 Å². The molecule has 1 fully saturated rings. The first-order chi connectivity index (χ1) is 8.00. The summed E-state index contributed by atoms with van der Waals surface area (Å²) >= 11 is 5.56. The number of hydrogen-bond donors (Lipinski definition) is 2. The molecule has 0 unspecified atom stereocenters. The number of aromatic carboxylic acids is 1. The van der Waals surface area contributed by atoms with Gasteiger partial charge in [-0.05, 0) is 11.6 Å². The summed E-state index contributed by atoms with van der Waals surface area (Å²) < 4.78 is 5.11. The van der Waals surface area contributed by atoms with Crippen LogP contribution in [0.5, 0.6) is 0 Å². The molecule has 0 spiro atoms. The summed E-state index contributed by atoms with van der Waals surface area (Å²) in [5.74, 6) is -1.13. The van der Waals surface area contributed by atoms with Crippen molar-refractivity contribution in [2.24, 2.45) is 5.41 Å². The number of nitrogens with zero attached hydrogens (tertiary/aromatic N) is 2. The standard InChI is InChI=1S/C10H12ClN3O3/c1-10(4-17-5-10)3-13-6-2-12-9(11)14-7(6)8(15)16/h2,13H,3-5H2,1H3,(H,15,16). The number of carboxylic acids is 1. The molecular formula is C10H12ClN3O3. The zero-order valence-corrected chi connectivity index (χ0v) is 9.99. The Morgan fingerprint density at radius 2 is 2.41 bits per heavy atom. The number of rotatable bonds is 4. The van der Waals surface area contributed by atoms with E-state index in [4.69, 9.17) is 21.4 Å². The van der Waals surface area contributed by atoms with Crippen molar-refractivity contribution in [3.05, 3.63) is 17.2 Å². The van der Waals surface area contributed by atoms with Gasteiger partial charge in [0, 0.05) is 12.0 Å². The van der Waals surface area contributed by atoms with Crippen LogP contribution in [0.1, 0.15) is 17.4 Å². The van der Waals surface area contributed by atoms with E-state index in [0.29, 0.717) is 25.4 Å². The van der Waals surface area contributed by atoms with Gasteiger partial charge in [0.15, 0.2) is 5.69 Å². The summed E-state index contributed by atoms with van der Waals surface area (Å²) in [6, 6.07) is 0. The maximum atomic E-state index is 11.0. The Morgan fingerprint density at radius 1 is 1.71 bits per heavy atom. The molecule has 2 N–H and O–H groups in total. The highest BCUT2D eigenvalue weighted by atomic mass is 35.5. The van der Waals surface area contributed by atoms with E-state index in [1.807, 2.05) is 0 Å². The van der Waals surface area contributed by atoms with Gasteiger partial charge in [0.25, 0.3) is 0 Å². The summed E-state index contributed by atoms with van der Waals surface area (Å²) in [6.07, 6.45) is 1.38. The number of halogens is 1. The third-order valence-corrected chi connectivity index (χ3v) is 2.75. The molecule has 1 saturated heterocycles. The molecule has 1 aromatic rings. The number of anilines is 1. The van der Waals surface area contributed by atoms with Crippen molar-refractivity contribution in [1.82, 2.24) is 9.97 Å². The second-order valence-electron chi connectivity index (χ2n) is 4.36. The van der Waals surface area contributed by atoms with Crippen molar-refractivity contribution >= 4 is 23.3 Å². The Labute approximate surface area is 103 Å². The SMILES string of the molecule is CC1(CNc2cnc(Cl)nc2C(=O)O)COC1.